The Labute approximate surface area is 163 Å². The SMILES string of the molecule is COC(=O)C1=CC(Nc2ccccc2)(C(=O)OC)C=CC1Nc1ccccc1. The molecule has 2 atom stereocenters. The van der Waals surface area contributed by atoms with Crippen molar-refractivity contribution in [1.29, 1.82) is 0 Å². The molecule has 6 heteroatoms. The van der Waals surface area contributed by atoms with Crippen LogP contribution in [0.5, 0.6) is 0 Å². The molecule has 0 radical (unpaired) electrons. The van der Waals surface area contributed by atoms with Gasteiger partial charge < -0.3 is 20.1 Å². The summed E-state index contributed by atoms with van der Waals surface area (Å²) in [5.74, 6) is -1.06. The van der Waals surface area contributed by atoms with Crippen molar-refractivity contribution in [2.75, 3.05) is 24.9 Å². The first kappa shape index (κ1) is 19.2. The maximum absolute atomic E-state index is 12.7. The van der Waals surface area contributed by atoms with Crippen molar-refractivity contribution in [2.45, 2.75) is 11.6 Å². The average molecular weight is 378 g/mol. The predicted octanol–water partition coefficient (Wildman–Crippen LogP) is 3.16. The van der Waals surface area contributed by atoms with Crippen LogP contribution in [-0.4, -0.2) is 37.7 Å². The Kier molecular flexibility index (Phi) is 5.79. The van der Waals surface area contributed by atoms with Crippen LogP contribution < -0.4 is 10.6 Å². The highest BCUT2D eigenvalue weighted by molar-refractivity contribution is 5.97. The number of anilines is 2. The zero-order valence-electron chi connectivity index (χ0n) is 15.7. The minimum absolute atomic E-state index is 0.308. The average Bonchev–Trinajstić information content (AvgIpc) is 2.75. The summed E-state index contributed by atoms with van der Waals surface area (Å²) in [6.45, 7) is 0. The van der Waals surface area contributed by atoms with Gasteiger partial charge in [-0.05, 0) is 36.4 Å². The summed E-state index contributed by atoms with van der Waals surface area (Å²) in [6.07, 6.45) is 5.00. The third kappa shape index (κ3) is 4.06. The number of rotatable bonds is 6. The molecule has 3 rings (SSSR count). The monoisotopic (exact) mass is 378 g/mol. The summed E-state index contributed by atoms with van der Waals surface area (Å²) in [5, 5.41) is 6.43. The van der Waals surface area contributed by atoms with E-state index in [1.54, 1.807) is 18.2 Å². The van der Waals surface area contributed by atoms with Gasteiger partial charge in [0.15, 0.2) is 5.54 Å². The zero-order valence-corrected chi connectivity index (χ0v) is 15.7. The van der Waals surface area contributed by atoms with Gasteiger partial charge in [0.25, 0.3) is 0 Å². The molecule has 0 amide bonds. The molecule has 0 fully saturated rings. The topological polar surface area (TPSA) is 76.7 Å². The molecule has 1 aliphatic carbocycles. The van der Waals surface area contributed by atoms with Crippen LogP contribution in [0.2, 0.25) is 0 Å². The molecule has 0 spiro atoms. The van der Waals surface area contributed by atoms with Crippen LogP contribution in [0, 0.1) is 0 Å². The molecule has 2 N–H and O–H groups in total. The number of nitrogens with one attached hydrogen (secondary N) is 2. The number of carbonyl (C=O) groups is 2. The fourth-order valence-corrected chi connectivity index (χ4v) is 3.06. The molecule has 0 aromatic heterocycles. The Morgan fingerprint density at radius 3 is 2.07 bits per heavy atom. The van der Waals surface area contributed by atoms with Gasteiger partial charge in [-0.25, -0.2) is 9.59 Å². The molecular formula is C22H22N2O4. The number of carbonyl (C=O) groups excluding carboxylic acids is 2. The highest BCUT2D eigenvalue weighted by Crippen LogP contribution is 2.29. The summed E-state index contributed by atoms with van der Waals surface area (Å²) in [7, 11) is 2.62. The highest BCUT2D eigenvalue weighted by atomic mass is 16.5. The predicted molar refractivity (Wildman–Crippen MR) is 108 cm³/mol. The number of hydrogen-bond acceptors (Lipinski definition) is 6. The fourth-order valence-electron chi connectivity index (χ4n) is 3.06. The van der Waals surface area contributed by atoms with Crippen molar-refractivity contribution in [3.8, 4) is 0 Å². The van der Waals surface area contributed by atoms with Gasteiger partial charge in [-0.2, -0.15) is 0 Å². The van der Waals surface area contributed by atoms with E-state index in [0.29, 0.717) is 11.3 Å². The smallest absolute Gasteiger partial charge is 0.339 e. The first-order valence-corrected chi connectivity index (χ1v) is 8.81. The number of esters is 2. The zero-order chi connectivity index (χ0) is 20.0. The number of benzene rings is 2. The molecule has 2 aromatic rings. The van der Waals surface area contributed by atoms with Crippen molar-refractivity contribution in [3.05, 3.63) is 84.5 Å². The Bertz CT molecular complexity index is 893. The van der Waals surface area contributed by atoms with Crippen LogP contribution in [0.25, 0.3) is 0 Å². The van der Waals surface area contributed by atoms with E-state index in [2.05, 4.69) is 10.6 Å². The van der Waals surface area contributed by atoms with Crippen LogP contribution in [0.15, 0.2) is 84.5 Å². The minimum atomic E-state index is -1.32. The minimum Gasteiger partial charge on any atom is -0.467 e. The van der Waals surface area contributed by atoms with Gasteiger partial charge in [0.1, 0.15) is 0 Å². The summed E-state index contributed by atoms with van der Waals surface area (Å²) in [4.78, 5) is 25.1. The third-order valence-electron chi connectivity index (χ3n) is 4.43. The van der Waals surface area contributed by atoms with Crippen LogP contribution in [0.1, 0.15) is 0 Å². The molecular weight excluding hydrogens is 356 g/mol. The molecule has 0 heterocycles. The summed E-state index contributed by atoms with van der Waals surface area (Å²) >= 11 is 0. The van der Waals surface area contributed by atoms with E-state index in [4.69, 9.17) is 9.47 Å². The second-order valence-corrected chi connectivity index (χ2v) is 6.29. The molecule has 0 bridgehead atoms. The molecule has 1 aliphatic rings. The van der Waals surface area contributed by atoms with E-state index in [-0.39, 0.29) is 0 Å². The van der Waals surface area contributed by atoms with Gasteiger partial charge in [0.05, 0.1) is 25.8 Å². The molecule has 6 nitrogen and oxygen atoms in total. The number of para-hydroxylation sites is 2. The van der Waals surface area contributed by atoms with Gasteiger partial charge in [0.2, 0.25) is 0 Å². The van der Waals surface area contributed by atoms with Crippen molar-refractivity contribution < 1.29 is 19.1 Å². The Morgan fingerprint density at radius 1 is 0.893 bits per heavy atom. The van der Waals surface area contributed by atoms with Crippen molar-refractivity contribution in [3.63, 3.8) is 0 Å². The van der Waals surface area contributed by atoms with E-state index in [1.165, 1.54) is 14.2 Å². The van der Waals surface area contributed by atoms with Crippen molar-refractivity contribution >= 4 is 23.3 Å². The van der Waals surface area contributed by atoms with Crippen LogP contribution in [-0.2, 0) is 19.1 Å². The fraction of sp³-hybridized carbons (Fsp3) is 0.182. The van der Waals surface area contributed by atoms with E-state index in [9.17, 15) is 9.59 Å². The maximum Gasteiger partial charge on any atom is 0.339 e. The largest absolute Gasteiger partial charge is 0.467 e. The quantitative estimate of drug-likeness (QED) is 0.594. The lowest BCUT2D eigenvalue weighted by Gasteiger charge is -2.33. The van der Waals surface area contributed by atoms with Crippen LogP contribution in [0.3, 0.4) is 0 Å². The van der Waals surface area contributed by atoms with Crippen LogP contribution >= 0.6 is 0 Å². The molecule has 0 saturated heterocycles. The van der Waals surface area contributed by atoms with Crippen molar-refractivity contribution in [1.82, 2.24) is 0 Å². The molecule has 2 aromatic carbocycles. The van der Waals surface area contributed by atoms with Gasteiger partial charge in [-0.1, -0.05) is 42.5 Å². The lowest BCUT2D eigenvalue weighted by Crippen LogP contribution is -2.47. The first-order chi connectivity index (χ1) is 13.6. The summed E-state index contributed by atoms with van der Waals surface area (Å²) in [5.41, 5.74) is 0.540. The van der Waals surface area contributed by atoms with Gasteiger partial charge in [-0.15, -0.1) is 0 Å². The van der Waals surface area contributed by atoms with Crippen LogP contribution in [0.4, 0.5) is 11.4 Å². The molecule has 144 valence electrons. The van der Waals surface area contributed by atoms with Crippen molar-refractivity contribution in [2.24, 2.45) is 0 Å². The summed E-state index contributed by atoms with van der Waals surface area (Å²) in [6, 6.07) is 18.3. The maximum atomic E-state index is 12.7. The standard InChI is InChI=1S/C22H22N2O4/c1-27-20(25)18-15-22(21(26)28-2,24-17-11-7-4-8-12-17)14-13-19(18)23-16-9-5-3-6-10-16/h3-15,19,23-24H,1-2H3. The van der Waals surface area contributed by atoms with Gasteiger partial charge in [-0.3, -0.25) is 0 Å². The van der Waals surface area contributed by atoms with E-state index < -0.39 is 23.5 Å². The van der Waals surface area contributed by atoms with Gasteiger partial charge in [0, 0.05) is 11.4 Å². The Hall–Kier alpha value is -3.54. The molecule has 0 aliphatic heterocycles. The summed E-state index contributed by atoms with van der Waals surface area (Å²) < 4.78 is 9.96. The first-order valence-electron chi connectivity index (χ1n) is 8.81. The Balaban J connectivity index is 1.99. The number of hydrogen-bond donors (Lipinski definition) is 2. The second kappa shape index (κ2) is 8.43. The number of methoxy groups -OCH3 is 2. The molecule has 28 heavy (non-hydrogen) atoms. The molecule has 0 saturated carbocycles. The lowest BCUT2D eigenvalue weighted by molar-refractivity contribution is -0.142. The number of ether oxygens (including phenoxy) is 2. The Morgan fingerprint density at radius 2 is 1.50 bits per heavy atom. The van der Waals surface area contributed by atoms with Gasteiger partial charge >= 0.3 is 11.9 Å². The lowest BCUT2D eigenvalue weighted by atomic mass is 9.86. The van der Waals surface area contributed by atoms with E-state index >= 15 is 0 Å². The molecule has 2 unspecified atom stereocenters. The van der Waals surface area contributed by atoms with E-state index in [0.717, 1.165) is 5.69 Å². The second-order valence-electron chi connectivity index (χ2n) is 6.29. The van der Waals surface area contributed by atoms with E-state index in [1.807, 2.05) is 60.7 Å². The normalized spacial score (nSPS) is 20.6. The highest BCUT2D eigenvalue weighted by Gasteiger charge is 2.40. The third-order valence-corrected chi connectivity index (χ3v) is 4.43.